The average Bonchev–Trinajstić information content (AvgIpc) is 3.61. The number of thiophene rings is 1. The lowest BCUT2D eigenvalue weighted by Gasteiger charge is -2.19. The number of halogens is 7. The van der Waals surface area contributed by atoms with Crippen molar-refractivity contribution in [3.05, 3.63) is 153 Å². The minimum atomic E-state index is -5.75. The molecule has 4 aromatic carbocycles. The second-order valence-corrected chi connectivity index (χ2v) is 12.4. The fraction of sp³-hybridized carbons (Fsp3) is 0.0571. The Morgan fingerprint density at radius 3 is 1.98 bits per heavy atom. The Morgan fingerprint density at radius 2 is 1.38 bits per heavy atom. The van der Waals surface area contributed by atoms with Crippen molar-refractivity contribution in [2.24, 2.45) is 0 Å². The number of hydrogen-bond acceptors (Lipinski definition) is 5. The van der Waals surface area contributed by atoms with E-state index in [0.717, 1.165) is 11.8 Å². The van der Waals surface area contributed by atoms with Crippen molar-refractivity contribution in [3.8, 4) is 0 Å². The number of rotatable bonds is 10. The van der Waals surface area contributed by atoms with E-state index in [2.05, 4.69) is 10.6 Å². The number of alkyl halides is 3. The SMILES string of the molecule is O=C(Nc1cccc(SC(C(=O)Nc2c(F)c(F)c(C(F)(F)F)c(F)c2F)c2ccccc2)c1)/C(=C/c1cccs1)NC(=O)c1ccccc1. The minimum Gasteiger partial charge on any atom is -0.321 e. The van der Waals surface area contributed by atoms with Crippen molar-refractivity contribution in [3.63, 3.8) is 0 Å². The Balaban J connectivity index is 1.40. The number of nitrogens with one attached hydrogen (secondary N) is 3. The maximum absolute atomic E-state index is 14.6. The molecule has 5 aromatic rings. The van der Waals surface area contributed by atoms with Crippen LogP contribution >= 0.6 is 23.1 Å². The smallest absolute Gasteiger partial charge is 0.321 e. The third-order valence-electron chi connectivity index (χ3n) is 6.84. The topological polar surface area (TPSA) is 87.3 Å². The molecule has 0 fully saturated rings. The van der Waals surface area contributed by atoms with Gasteiger partial charge in [0, 0.05) is 21.0 Å². The highest BCUT2D eigenvalue weighted by Crippen LogP contribution is 2.41. The second kappa shape index (κ2) is 15.4. The molecule has 0 aliphatic rings. The Morgan fingerprint density at radius 1 is 0.740 bits per heavy atom. The lowest BCUT2D eigenvalue weighted by molar-refractivity contribution is -0.143. The van der Waals surface area contributed by atoms with E-state index in [1.165, 1.54) is 65.9 Å². The standard InChI is InChI=1S/C35H22F7N3O3S2/c36-26-25(35(40,41)42)27(37)29(39)30(28(26)38)45-34(48)31(19-9-3-1-4-10-19)50-23-14-7-13-21(17-23)43-33(47)24(18-22-15-8-16-49-22)44-32(46)20-11-5-2-6-12-20/h1-18,31H,(H,43,47)(H,44,46)(H,45,48)/b24-18-. The number of carbonyl (C=O) groups excluding carboxylic acids is 3. The Hall–Kier alpha value is -5.41. The summed E-state index contributed by atoms with van der Waals surface area (Å²) >= 11 is 2.13. The summed E-state index contributed by atoms with van der Waals surface area (Å²) in [7, 11) is 0. The summed E-state index contributed by atoms with van der Waals surface area (Å²) in [5.41, 5.74) is -3.82. The van der Waals surface area contributed by atoms with E-state index in [1.54, 1.807) is 59.2 Å². The molecule has 50 heavy (non-hydrogen) atoms. The molecule has 0 aliphatic heterocycles. The zero-order valence-corrected chi connectivity index (χ0v) is 26.8. The Kier molecular flexibility index (Phi) is 11.1. The molecule has 15 heteroatoms. The third kappa shape index (κ3) is 8.41. The number of thioether (sulfide) groups is 1. The molecule has 0 spiro atoms. The molecule has 1 heterocycles. The lowest BCUT2D eigenvalue weighted by atomic mass is 10.1. The summed E-state index contributed by atoms with van der Waals surface area (Å²) in [6.45, 7) is 0. The minimum absolute atomic E-state index is 0.0824. The van der Waals surface area contributed by atoms with Crippen molar-refractivity contribution in [1.29, 1.82) is 0 Å². The fourth-order valence-corrected chi connectivity index (χ4v) is 6.26. The zero-order chi connectivity index (χ0) is 36.0. The van der Waals surface area contributed by atoms with Crippen LogP contribution < -0.4 is 16.0 Å². The maximum atomic E-state index is 14.6. The van der Waals surface area contributed by atoms with E-state index in [1.807, 2.05) is 0 Å². The van der Waals surface area contributed by atoms with Gasteiger partial charge in [0.25, 0.3) is 11.8 Å². The van der Waals surface area contributed by atoms with Crippen molar-refractivity contribution in [1.82, 2.24) is 5.32 Å². The first-order valence-electron chi connectivity index (χ1n) is 14.3. The van der Waals surface area contributed by atoms with Gasteiger partial charge in [-0.3, -0.25) is 14.4 Å². The molecule has 1 aromatic heterocycles. The summed E-state index contributed by atoms with van der Waals surface area (Å²) in [5.74, 6) is -12.8. The lowest BCUT2D eigenvalue weighted by Crippen LogP contribution is -2.30. The van der Waals surface area contributed by atoms with Crippen LogP contribution in [-0.2, 0) is 15.8 Å². The van der Waals surface area contributed by atoms with Gasteiger partial charge in [-0.2, -0.15) is 13.2 Å². The van der Waals surface area contributed by atoms with Gasteiger partial charge in [0.15, 0.2) is 23.3 Å². The summed E-state index contributed by atoms with van der Waals surface area (Å²) in [5, 5.41) is 7.40. The van der Waals surface area contributed by atoms with Crippen LogP contribution in [0.25, 0.3) is 6.08 Å². The first-order valence-corrected chi connectivity index (χ1v) is 16.1. The van der Waals surface area contributed by atoms with Gasteiger partial charge in [-0.15, -0.1) is 23.1 Å². The molecular formula is C35H22F7N3O3S2. The Bertz CT molecular complexity index is 2030. The molecular weight excluding hydrogens is 708 g/mol. The number of benzene rings is 4. The largest absolute Gasteiger partial charge is 0.422 e. The summed E-state index contributed by atoms with van der Waals surface area (Å²) in [6, 6.07) is 25.3. The number of amides is 3. The van der Waals surface area contributed by atoms with Gasteiger partial charge in [-0.1, -0.05) is 60.7 Å². The normalized spacial score (nSPS) is 12.3. The first-order chi connectivity index (χ1) is 23.8. The van der Waals surface area contributed by atoms with Crippen LogP contribution in [0.15, 0.2) is 113 Å². The van der Waals surface area contributed by atoms with Crippen molar-refractivity contribution < 1.29 is 45.1 Å². The van der Waals surface area contributed by atoms with Gasteiger partial charge in [0.05, 0.1) is 0 Å². The highest BCUT2D eigenvalue weighted by atomic mass is 32.2. The Labute approximate surface area is 288 Å². The molecule has 1 unspecified atom stereocenters. The molecule has 3 amide bonds. The molecule has 256 valence electrons. The molecule has 5 rings (SSSR count). The molecule has 0 aliphatic carbocycles. The maximum Gasteiger partial charge on any atom is 0.422 e. The fourth-order valence-electron chi connectivity index (χ4n) is 4.52. The summed E-state index contributed by atoms with van der Waals surface area (Å²) in [4.78, 5) is 40.7. The van der Waals surface area contributed by atoms with E-state index >= 15 is 0 Å². The van der Waals surface area contributed by atoms with Crippen LogP contribution in [0, 0.1) is 23.3 Å². The van der Waals surface area contributed by atoms with Crippen LogP contribution in [0.2, 0.25) is 0 Å². The van der Waals surface area contributed by atoms with Crippen LogP contribution in [0.1, 0.15) is 31.6 Å². The molecule has 1 atom stereocenters. The van der Waals surface area contributed by atoms with Crippen molar-refractivity contribution in [2.75, 3.05) is 10.6 Å². The first kappa shape index (κ1) is 35.9. The third-order valence-corrected chi connectivity index (χ3v) is 8.91. The highest BCUT2D eigenvalue weighted by Gasteiger charge is 2.43. The molecule has 0 saturated heterocycles. The van der Waals surface area contributed by atoms with Gasteiger partial charge in [-0.05, 0) is 53.4 Å². The molecule has 3 N–H and O–H groups in total. The predicted octanol–water partition coefficient (Wildman–Crippen LogP) is 9.20. The van der Waals surface area contributed by atoms with E-state index in [9.17, 15) is 45.1 Å². The number of carbonyl (C=O) groups is 3. The van der Waals surface area contributed by atoms with Crippen LogP contribution in [0.4, 0.5) is 42.1 Å². The average molecular weight is 730 g/mol. The van der Waals surface area contributed by atoms with Crippen molar-refractivity contribution in [2.45, 2.75) is 16.3 Å². The van der Waals surface area contributed by atoms with E-state index in [0.29, 0.717) is 15.3 Å². The van der Waals surface area contributed by atoms with E-state index < -0.39 is 63.7 Å². The zero-order valence-electron chi connectivity index (χ0n) is 25.2. The van der Waals surface area contributed by atoms with E-state index in [-0.39, 0.29) is 16.9 Å². The van der Waals surface area contributed by atoms with Gasteiger partial charge < -0.3 is 16.0 Å². The second-order valence-electron chi connectivity index (χ2n) is 10.3. The quantitative estimate of drug-likeness (QED) is 0.0579. The van der Waals surface area contributed by atoms with Gasteiger partial charge in [-0.25, -0.2) is 17.6 Å². The van der Waals surface area contributed by atoms with Crippen LogP contribution in [0.5, 0.6) is 0 Å². The summed E-state index contributed by atoms with van der Waals surface area (Å²) in [6.07, 6.45) is -4.27. The molecule has 0 bridgehead atoms. The number of hydrogen-bond donors (Lipinski definition) is 3. The monoisotopic (exact) mass is 729 g/mol. The van der Waals surface area contributed by atoms with E-state index in [4.69, 9.17) is 0 Å². The van der Waals surface area contributed by atoms with Gasteiger partial charge in [0.1, 0.15) is 22.2 Å². The molecule has 0 saturated carbocycles. The molecule has 6 nitrogen and oxygen atoms in total. The van der Waals surface area contributed by atoms with Gasteiger partial charge >= 0.3 is 6.18 Å². The molecule has 0 radical (unpaired) electrons. The highest BCUT2D eigenvalue weighted by molar-refractivity contribution is 8.00. The van der Waals surface area contributed by atoms with Crippen molar-refractivity contribution >= 4 is 58.3 Å². The summed E-state index contributed by atoms with van der Waals surface area (Å²) < 4.78 is 97.0. The number of anilines is 2. The van der Waals surface area contributed by atoms with Crippen LogP contribution in [0.3, 0.4) is 0 Å². The van der Waals surface area contributed by atoms with Gasteiger partial charge in [0.2, 0.25) is 5.91 Å². The predicted molar refractivity (Wildman–Crippen MR) is 176 cm³/mol. The van der Waals surface area contributed by atoms with Crippen LogP contribution in [-0.4, -0.2) is 17.7 Å².